The van der Waals surface area contributed by atoms with Crippen molar-refractivity contribution in [2.45, 2.75) is 129 Å². The molecule has 8 atom stereocenters. The third-order valence-corrected chi connectivity index (χ3v) is 13.4. The molecule has 3 heterocycles. The Kier molecular flexibility index (Phi) is 20.1. The highest BCUT2D eigenvalue weighted by Crippen LogP contribution is 2.37. The maximum absolute atomic E-state index is 15.4. The van der Waals surface area contributed by atoms with Crippen molar-refractivity contribution in [1.82, 2.24) is 41.7 Å². The van der Waals surface area contributed by atoms with Crippen LogP contribution in [0.5, 0.6) is 11.5 Å². The molecule has 3 unspecified atom stereocenters. The Balaban J connectivity index is 1.83. The normalized spacial score (nSPS) is 25.6. The van der Waals surface area contributed by atoms with Crippen LogP contribution >= 0.6 is 0 Å². The Morgan fingerprint density at radius 2 is 1.48 bits per heavy atom. The van der Waals surface area contributed by atoms with Crippen molar-refractivity contribution in [2.24, 2.45) is 11.8 Å². The molecule has 5 rings (SSSR count). The van der Waals surface area contributed by atoms with E-state index in [2.05, 4.69) is 45.6 Å². The number of ether oxygens (including phenoxy) is 1. The summed E-state index contributed by atoms with van der Waals surface area (Å²) in [6, 6.07) is -1.83. The number of allylic oxidation sites excluding steroid dienone is 1. The standard InChI is InChI=1S/C47H63N9O19S2/c1-8-28-40(59)51-30-16-17-36(57)56(44(30)63)33(19-26-13-10-9-11-14-26)45(64)55(7)32-20-27-21-34(74-76(67,68)69)35(75-77(70,71)72)22-31(27)52-47(66)48-18-12-15-29(50-39(58)24(4)5)41(60)54-38(43(62)49-28)25(6)73-46(65)37(23(2)3)53-42(32)61/h8-11,13-14,21-25,29-30,32-33,36-38,57H,12,15-20H2,1-7H3,(H,49,62)(H,50,58)(H,51,59)(H,53,61)(H,54,60)(H2,48,52,66)(H,67,68,69)(H,70,71,72)/b28-8-/t25-,29+,30?,32?,33-,36?,37+,38+/m1/s1. The van der Waals surface area contributed by atoms with Gasteiger partial charge in [-0.05, 0) is 62.6 Å². The molecule has 2 aromatic rings. The third-order valence-electron chi connectivity index (χ3n) is 12.6. The maximum atomic E-state index is 15.4. The molecule has 0 radical (unpaired) electrons. The molecule has 2 saturated heterocycles. The first kappa shape index (κ1) is 60.5. The molecule has 2 fully saturated rings. The first-order chi connectivity index (χ1) is 36.0. The molecule has 0 aromatic heterocycles. The molecule has 28 nitrogen and oxygen atoms in total. The van der Waals surface area contributed by atoms with E-state index in [9.17, 15) is 64.6 Å². The minimum atomic E-state index is -5.57. The summed E-state index contributed by atoms with van der Waals surface area (Å²) >= 11 is 0. The third kappa shape index (κ3) is 16.3. The van der Waals surface area contributed by atoms with E-state index in [1.54, 1.807) is 30.3 Å². The van der Waals surface area contributed by atoms with Gasteiger partial charge in [0.25, 0.3) is 11.8 Å². The number of aliphatic hydroxyl groups excluding tert-OH is 1. The minimum Gasteiger partial charge on any atom is -0.458 e. The van der Waals surface area contributed by atoms with Gasteiger partial charge in [-0.3, -0.25) is 42.7 Å². The Morgan fingerprint density at radius 3 is 2.08 bits per heavy atom. The smallest absolute Gasteiger partial charge is 0.446 e. The van der Waals surface area contributed by atoms with Gasteiger partial charge in [0.2, 0.25) is 29.5 Å². The summed E-state index contributed by atoms with van der Waals surface area (Å²) in [5, 5.41) is 29.0. The minimum absolute atomic E-state index is 0.0970. The summed E-state index contributed by atoms with van der Waals surface area (Å²) in [4.78, 5) is 131. The van der Waals surface area contributed by atoms with Gasteiger partial charge < -0.3 is 65.2 Å². The summed E-state index contributed by atoms with van der Waals surface area (Å²) in [7, 11) is -10.0. The van der Waals surface area contributed by atoms with Crippen molar-refractivity contribution >= 4 is 79.8 Å². The van der Waals surface area contributed by atoms with Crippen molar-refractivity contribution < 1.29 is 87.3 Å². The van der Waals surface area contributed by atoms with Gasteiger partial charge >= 0.3 is 32.8 Å². The molecular formula is C47H63N9O19S2. The molecule has 2 aromatic carbocycles. The fourth-order valence-electron chi connectivity index (χ4n) is 8.50. The second-order valence-electron chi connectivity index (χ2n) is 19.0. The second-order valence-corrected chi connectivity index (χ2v) is 21.0. The Bertz CT molecular complexity index is 2870. The number of benzene rings is 2. The highest BCUT2D eigenvalue weighted by atomic mass is 32.3. The van der Waals surface area contributed by atoms with E-state index >= 15 is 9.59 Å². The number of esters is 1. The second kappa shape index (κ2) is 25.6. The van der Waals surface area contributed by atoms with E-state index in [4.69, 9.17) is 4.74 Å². The molecule has 3 aliphatic rings. The predicted molar refractivity (Wildman–Crippen MR) is 268 cm³/mol. The van der Waals surface area contributed by atoms with Crippen LogP contribution in [0.2, 0.25) is 0 Å². The number of hydrogen-bond donors (Lipinski definition) is 10. The van der Waals surface area contributed by atoms with E-state index in [0.29, 0.717) is 17.7 Å². The molecule has 77 heavy (non-hydrogen) atoms. The van der Waals surface area contributed by atoms with E-state index < -0.39 is 169 Å². The van der Waals surface area contributed by atoms with Crippen LogP contribution in [0.1, 0.15) is 78.4 Å². The number of anilines is 1. The SMILES string of the molecule is C/C=C1\NC(=O)[C@H]2NC(=O)[C@@H](NC(=O)C(C)C)CCCNC(=O)Nc3cc(OS(=O)(=O)O)c(OS(=O)(=O)O)cc3CC(C(=O)N[C@@H](C(C)C)C(=O)O[C@@H]2C)N(C)C(=O)[C@@H](Cc2ccccc2)N2C(=O)C(CCC2O)NC1=O. The molecular weight excluding hydrogens is 1060 g/mol. The Hall–Kier alpha value is -7.41. The number of fused-ring (bicyclic) bond motifs is 10. The van der Waals surface area contributed by atoms with E-state index in [1.165, 1.54) is 47.6 Å². The summed E-state index contributed by atoms with van der Waals surface area (Å²) in [6.07, 6.45) is -4.13. The van der Waals surface area contributed by atoms with Crippen LogP contribution in [0.25, 0.3) is 0 Å². The number of likely N-dealkylation sites (N-methyl/N-ethyl adjacent to an activating group) is 1. The lowest BCUT2D eigenvalue weighted by molar-refractivity contribution is -0.165. The van der Waals surface area contributed by atoms with Crippen LogP contribution in [0.4, 0.5) is 10.5 Å². The molecule has 10 N–H and O–H groups in total. The number of rotatable bonds is 9. The average molecular weight is 1120 g/mol. The maximum Gasteiger partial charge on any atom is 0.446 e. The molecule has 0 spiro atoms. The number of carbonyl (C=O) groups is 9. The first-order valence-corrected chi connectivity index (χ1v) is 27.0. The predicted octanol–water partition coefficient (Wildman–Crippen LogP) is -0.897. The molecule has 4 bridgehead atoms. The zero-order valence-corrected chi connectivity index (χ0v) is 44.6. The van der Waals surface area contributed by atoms with Crippen molar-refractivity contribution in [3.05, 3.63) is 65.4 Å². The lowest BCUT2D eigenvalue weighted by atomic mass is 9.95. The average Bonchev–Trinajstić information content (AvgIpc) is 3.34. The number of amides is 9. The van der Waals surface area contributed by atoms with Gasteiger partial charge in [-0.15, -0.1) is 0 Å². The van der Waals surface area contributed by atoms with Gasteiger partial charge in [0, 0.05) is 44.1 Å². The van der Waals surface area contributed by atoms with Crippen LogP contribution in [-0.4, -0.2) is 156 Å². The van der Waals surface area contributed by atoms with Crippen LogP contribution in [0.15, 0.2) is 54.2 Å². The van der Waals surface area contributed by atoms with E-state index in [1.807, 2.05) is 0 Å². The van der Waals surface area contributed by atoms with Gasteiger partial charge in [0.05, 0.1) is 0 Å². The number of nitrogens with zero attached hydrogens (tertiary/aromatic N) is 2. The summed E-state index contributed by atoms with van der Waals surface area (Å²) in [6.45, 7) is 8.30. The van der Waals surface area contributed by atoms with Gasteiger partial charge in [-0.25, -0.2) is 9.59 Å². The van der Waals surface area contributed by atoms with Crippen molar-refractivity contribution in [3.63, 3.8) is 0 Å². The zero-order chi connectivity index (χ0) is 57.3. The number of urea groups is 1. The molecule has 422 valence electrons. The fourth-order valence-corrected chi connectivity index (χ4v) is 9.21. The number of carbonyl (C=O) groups excluding carboxylic acids is 9. The quantitative estimate of drug-likeness (QED) is 0.0826. The van der Waals surface area contributed by atoms with Crippen LogP contribution < -0.4 is 45.6 Å². The Labute approximate surface area is 443 Å². The first-order valence-electron chi connectivity index (χ1n) is 24.2. The van der Waals surface area contributed by atoms with Crippen molar-refractivity contribution in [3.8, 4) is 11.5 Å². The molecule has 3 aliphatic heterocycles. The topological polar surface area (TPSA) is 401 Å². The van der Waals surface area contributed by atoms with E-state index in [-0.39, 0.29) is 38.6 Å². The van der Waals surface area contributed by atoms with Crippen molar-refractivity contribution in [2.75, 3.05) is 18.9 Å². The monoisotopic (exact) mass is 1120 g/mol. The Morgan fingerprint density at radius 1 is 0.844 bits per heavy atom. The molecule has 0 saturated carbocycles. The lowest BCUT2D eigenvalue weighted by Gasteiger charge is -2.43. The van der Waals surface area contributed by atoms with Crippen LogP contribution in [-0.2, 0) is 76.7 Å². The highest BCUT2D eigenvalue weighted by Gasteiger charge is 2.46. The fraction of sp³-hybridized carbons (Fsp3) is 0.511. The number of aliphatic hydroxyl groups is 1. The van der Waals surface area contributed by atoms with Gasteiger partial charge in [-0.2, -0.15) is 16.8 Å². The summed E-state index contributed by atoms with van der Waals surface area (Å²) < 4.78 is 82.8. The number of hydrogen-bond acceptors (Lipinski definition) is 17. The van der Waals surface area contributed by atoms with Crippen LogP contribution in [0, 0.1) is 11.8 Å². The van der Waals surface area contributed by atoms with Gasteiger partial charge in [0.1, 0.15) is 54.3 Å². The van der Waals surface area contributed by atoms with E-state index in [0.717, 1.165) is 16.8 Å². The zero-order valence-electron chi connectivity index (χ0n) is 42.9. The summed E-state index contributed by atoms with van der Waals surface area (Å²) in [5.74, 6) is -12.1. The molecule has 9 amide bonds. The highest BCUT2D eigenvalue weighted by molar-refractivity contribution is 7.81. The van der Waals surface area contributed by atoms with Crippen LogP contribution in [0.3, 0.4) is 0 Å². The van der Waals surface area contributed by atoms with Crippen molar-refractivity contribution in [1.29, 1.82) is 0 Å². The lowest BCUT2D eigenvalue weighted by Crippen LogP contribution is -2.64. The molecule has 30 heteroatoms. The number of piperidine rings is 1. The molecule has 0 aliphatic carbocycles. The van der Waals surface area contributed by atoms with Gasteiger partial charge in [0.15, 0.2) is 11.5 Å². The van der Waals surface area contributed by atoms with Gasteiger partial charge in [-0.1, -0.05) is 64.1 Å². The summed E-state index contributed by atoms with van der Waals surface area (Å²) in [5.41, 5.74) is -0.948. The number of nitrogens with one attached hydrogen (secondary N) is 7. The largest absolute Gasteiger partial charge is 0.458 e.